The number of anilines is 1. The standard InChI is InChI=1S/C12H14F2N2O3/c13-8-3-4-9(14)10(6-8)16-11(17)7-15-5-1-2-12(18)19/h3-4,6,15H,1-2,5,7H2,(H,16,17)(H,18,19). The monoisotopic (exact) mass is 272 g/mol. The summed E-state index contributed by atoms with van der Waals surface area (Å²) in [4.78, 5) is 21.6. The highest BCUT2D eigenvalue weighted by molar-refractivity contribution is 5.92. The molecule has 0 saturated carbocycles. The first-order chi connectivity index (χ1) is 8.99. The highest BCUT2D eigenvalue weighted by Crippen LogP contribution is 2.14. The number of carbonyl (C=O) groups excluding carboxylic acids is 1. The van der Waals surface area contributed by atoms with Gasteiger partial charge in [-0.25, -0.2) is 8.78 Å². The zero-order valence-electron chi connectivity index (χ0n) is 10.1. The molecule has 1 amide bonds. The van der Waals surface area contributed by atoms with Crippen molar-refractivity contribution in [1.82, 2.24) is 5.32 Å². The van der Waals surface area contributed by atoms with Crippen LogP contribution >= 0.6 is 0 Å². The second-order valence-corrected chi connectivity index (χ2v) is 3.85. The van der Waals surface area contributed by atoms with Crippen molar-refractivity contribution >= 4 is 17.6 Å². The minimum Gasteiger partial charge on any atom is -0.481 e. The van der Waals surface area contributed by atoms with Gasteiger partial charge < -0.3 is 15.7 Å². The molecule has 0 fully saturated rings. The smallest absolute Gasteiger partial charge is 0.303 e. The summed E-state index contributed by atoms with van der Waals surface area (Å²) in [5.74, 6) is -2.81. The molecule has 0 bridgehead atoms. The van der Waals surface area contributed by atoms with Crippen LogP contribution in [0.3, 0.4) is 0 Å². The SMILES string of the molecule is O=C(O)CCCNCC(=O)Nc1cc(F)ccc1F. The van der Waals surface area contributed by atoms with Gasteiger partial charge in [-0.2, -0.15) is 0 Å². The van der Waals surface area contributed by atoms with E-state index < -0.39 is 23.5 Å². The number of amides is 1. The summed E-state index contributed by atoms with van der Waals surface area (Å²) in [6.07, 6.45) is 0.393. The molecule has 0 heterocycles. The average molecular weight is 272 g/mol. The van der Waals surface area contributed by atoms with Gasteiger partial charge in [-0.15, -0.1) is 0 Å². The Hall–Kier alpha value is -2.02. The van der Waals surface area contributed by atoms with Crippen LogP contribution in [0.1, 0.15) is 12.8 Å². The van der Waals surface area contributed by atoms with Crippen LogP contribution < -0.4 is 10.6 Å². The number of carboxylic acid groups (broad SMARTS) is 1. The molecule has 19 heavy (non-hydrogen) atoms. The van der Waals surface area contributed by atoms with Crippen LogP contribution in [0.2, 0.25) is 0 Å². The minimum atomic E-state index is -0.909. The molecule has 0 aromatic heterocycles. The lowest BCUT2D eigenvalue weighted by molar-refractivity contribution is -0.137. The molecule has 104 valence electrons. The number of carbonyl (C=O) groups is 2. The largest absolute Gasteiger partial charge is 0.481 e. The zero-order chi connectivity index (χ0) is 14.3. The Labute approximate surface area is 108 Å². The van der Waals surface area contributed by atoms with Gasteiger partial charge in [-0.3, -0.25) is 9.59 Å². The quantitative estimate of drug-likeness (QED) is 0.655. The van der Waals surface area contributed by atoms with Gasteiger partial charge in [0.25, 0.3) is 0 Å². The maximum atomic E-state index is 13.2. The fraction of sp³-hybridized carbons (Fsp3) is 0.333. The summed E-state index contributed by atoms with van der Waals surface area (Å²) in [5.41, 5.74) is -0.225. The lowest BCUT2D eigenvalue weighted by atomic mass is 10.3. The lowest BCUT2D eigenvalue weighted by Crippen LogP contribution is -2.29. The molecule has 0 atom stereocenters. The molecular formula is C12H14F2N2O3. The number of hydrogen-bond acceptors (Lipinski definition) is 3. The number of halogens is 2. The van der Waals surface area contributed by atoms with Gasteiger partial charge in [0.05, 0.1) is 12.2 Å². The number of carboxylic acids is 1. The molecule has 0 aliphatic heterocycles. The summed E-state index contributed by atoms with van der Waals surface area (Å²) >= 11 is 0. The Morgan fingerprint density at radius 2 is 2.00 bits per heavy atom. The maximum Gasteiger partial charge on any atom is 0.303 e. The van der Waals surface area contributed by atoms with Crippen LogP contribution in [0.25, 0.3) is 0 Å². The van der Waals surface area contributed by atoms with E-state index in [2.05, 4.69) is 10.6 Å². The van der Waals surface area contributed by atoms with Gasteiger partial charge in [0.1, 0.15) is 11.6 Å². The Morgan fingerprint density at radius 1 is 1.26 bits per heavy atom. The van der Waals surface area contributed by atoms with E-state index in [0.717, 1.165) is 18.2 Å². The normalized spacial score (nSPS) is 10.2. The third-order valence-corrected chi connectivity index (χ3v) is 2.23. The number of aliphatic carboxylic acids is 1. The number of nitrogens with one attached hydrogen (secondary N) is 2. The molecule has 0 aliphatic carbocycles. The predicted octanol–water partition coefficient (Wildman–Crippen LogP) is 1.36. The molecule has 5 nitrogen and oxygen atoms in total. The van der Waals surface area contributed by atoms with Crippen molar-refractivity contribution in [3.8, 4) is 0 Å². The van der Waals surface area contributed by atoms with Crippen LogP contribution in [-0.2, 0) is 9.59 Å². The Morgan fingerprint density at radius 3 is 2.68 bits per heavy atom. The molecular weight excluding hydrogens is 258 g/mol. The van der Waals surface area contributed by atoms with Gasteiger partial charge in [0.2, 0.25) is 5.91 Å². The topological polar surface area (TPSA) is 78.4 Å². The third-order valence-electron chi connectivity index (χ3n) is 2.23. The van der Waals surface area contributed by atoms with Crippen LogP contribution in [0.15, 0.2) is 18.2 Å². The first kappa shape index (κ1) is 15.0. The van der Waals surface area contributed by atoms with E-state index in [9.17, 15) is 18.4 Å². The van der Waals surface area contributed by atoms with E-state index >= 15 is 0 Å². The summed E-state index contributed by atoms with van der Waals surface area (Å²) < 4.78 is 26.0. The fourth-order valence-corrected chi connectivity index (χ4v) is 1.35. The van der Waals surface area contributed by atoms with Crippen LogP contribution in [0.4, 0.5) is 14.5 Å². The molecule has 3 N–H and O–H groups in total. The van der Waals surface area contributed by atoms with Crippen molar-refractivity contribution in [2.24, 2.45) is 0 Å². The number of rotatable bonds is 7. The van der Waals surface area contributed by atoms with Crippen LogP contribution in [-0.4, -0.2) is 30.1 Å². The summed E-state index contributed by atoms with van der Waals surface area (Å²) in [6, 6.07) is 2.76. The van der Waals surface area contributed by atoms with Gasteiger partial charge >= 0.3 is 5.97 Å². The Balaban J connectivity index is 2.31. The lowest BCUT2D eigenvalue weighted by Gasteiger charge is -2.07. The van der Waals surface area contributed by atoms with Crippen molar-refractivity contribution in [3.63, 3.8) is 0 Å². The van der Waals surface area contributed by atoms with E-state index in [1.54, 1.807) is 0 Å². The van der Waals surface area contributed by atoms with Gasteiger partial charge in [-0.1, -0.05) is 0 Å². The van der Waals surface area contributed by atoms with E-state index in [1.807, 2.05) is 0 Å². The summed E-state index contributed by atoms with van der Waals surface area (Å²) in [6.45, 7) is 0.251. The molecule has 0 aliphatic rings. The first-order valence-electron chi connectivity index (χ1n) is 5.66. The molecule has 7 heteroatoms. The van der Waals surface area contributed by atoms with E-state index in [0.29, 0.717) is 13.0 Å². The van der Waals surface area contributed by atoms with Crippen molar-refractivity contribution in [2.45, 2.75) is 12.8 Å². The molecule has 1 aromatic rings. The molecule has 1 rings (SSSR count). The van der Waals surface area contributed by atoms with Crippen LogP contribution in [0.5, 0.6) is 0 Å². The summed E-state index contributed by atoms with van der Waals surface area (Å²) in [7, 11) is 0. The molecule has 0 unspecified atom stereocenters. The second-order valence-electron chi connectivity index (χ2n) is 3.85. The van der Waals surface area contributed by atoms with Gasteiger partial charge in [-0.05, 0) is 25.1 Å². The summed E-state index contributed by atoms with van der Waals surface area (Å²) in [5, 5.41) is 13.3. The third kappa shape index (κ3) is 5.91. The second kappa shape index (κ2) is 7.42. The molecule has 1 aromatic carbocycles. The van der Waals surface area contributed by atoms with Crippen molar-refractivity contribution in [1.29, 1.82) is 0 Å². The minimum absolute atomic E-state index is 0.00709. The Bertz CT molecular complexity index is 466. The average Bonchev–Trinajstić information content (AvgIpc) is 2.33. The van der Waals surface area contributed by atoms with E-state index in [4.69, 9.17) is 5.11 Å². The zero-order valence-corrected chi connectivity index (χ0v) is 10.1. The van der Waals surface area contributed by atoms with Crippen molar-refractivity contribution in [3.05, 3.63) is 29.8 Å². The predicted molar refractivity (Wildman–Crippen MR) is 64.7 cm³/mol. The van der Waals surface area contributed by atoms with Crippen LogP contribution in [0, 0.1) is 11.6 Å². The van der Waals surface area contributed by atoms with E-state index in [1.165, 1.54) is 0 Å². The van der Waals surface area contributed by atoms with Gasteiger partial charge in [0, 0.05) is 12.5 Å². The van der Waals surface area contributed by atoms with E-state index in [-0.39, 0.29) is 18.7 Å². The maximum absolute atomic E-state index is 13.2. The first-order valence-corrected chi connectivity index (χ1v) is 5.66. The highest BCUT2D eigenvalue weighted by atomic mass is 19.1. The van der Waals surface area contributed by atoms with Crippen molar-refractivity contribution < 1.29 is 23.5 Å². The fourth-order valence-electron chi connectivity index (χ4n) is 1.35. The van der Waals surface area contributed by atoms with Crippen molar-refractivity contribution in [2.75, 3.05) is 18.4 Å². The Kier molecular flexibility index (Phi) is 5.87. The molecule has 0 saturated heterocycles. The molecule has 0 radical (unpaired) electrons. The highest BCUT2D eigenvalue weighted by Gasteiger charge is 2.07. The molecule has 0 spiro atoms. The number of hydrogen-bond donors (Lipinski definition) is 3. The number of benzene rings is 1. The van der Waals surface area contributed by atoms with Gasteiger partial charge in [0.15, 0.2) is 0 Å².